The zero-order valence-corrected chi connectivity index (χ0v) is 19.0. The van der Waals surface area contributed by atoms with Crippen molar-refractivity contribution in [3.8, 4) is 0 Å². The Hall–Kier alpha value is -1.54. The molecule has 0 aromatic rings. The van der Waals surface area contributed by atoms with E-state index in [1.165, 1.54) is 38.5 Å². The van der Waals surface area contributed by atoms with Gasteiger partial charge in [-0.2, -0.15) is 8.42 Å². The van der Waals surface area contributed by atoms with E-state index in [1.807, 2.05) is 0 Å². The van der Waals surface area contributed by atoms with Crippen LogP contribution in [0.5, 0.6) is 0 Å². The van der Waals surface area contributed by atoms with Gasteiger partial charge in [-0.15, -0.1) is 0 Å². The summed E-state index contributed by atoms with van der Waals surface area (Å²) in [5.41, 5.74) is 0. The molecule has 0 spiro atoms. The summed E-state index contributed by atoms with van der Waals surface area (Å²) in [7, 11) is -4.67. The number of hydrogen-bond donors (Lipinski definition) is 1. The summed E-state index contributed by atoms with van der Waals surface area (Å²) in [5, 5.41) is -1.84. The number of unbranched alkanes of at least 4 members (excludes halogenated alkanes) is 11. The second kappa shape index (κ2) is 14.5. The maximum absolute atomic E-state index is 12.1. The van der Waals surface area contributed by atoms with E-state index in [2.05, 4.69) is 19.1 Å². The summed E-state index contributed by atoms with van der Waals surface area (Å²) in [5.74, 6) is -2.69. The fourth-order valence-corrected chi connectivity index (χ4v) is 4.27. The number of carbonyl (C=O) groups is 3. The molecule has 1 atom stereocenters. The first kappa shape index (κ1) is 26.5. The van der Waals surface area contributed by atoms with Gasteiger partial charge in [-0.05, 0) is 32.1 Å². The minimum absolute atomic E-state index is 0.0217. The third kappa shape index (κ3) is 9.98. The van der Waals surface area contributed by atoms with Gasteiger partial charge in [-0.25, -0.2) is 4.90 Å². The van der Waals surface area contributed by atoms with Gasteiger partial charge in [0.2, 0.25) is 11.8 Å². The van der Waals surface area contributed by atoms with Crippen molar-refractivity contribution in [2.75, 3.05) is 0 Å². The topological polar surface area (TPSA) is 109 Å². The molecule has 30 heavy (non-hydrogen) atoms. The molecule has 7 nitrogen and oxygen atoms in total. The quantitative estimate of drug-likeness (QED) is 0.162. The van der Waals surface area contributed by atoms with Gasteiger partial charge >= 0.3 is 0 Å². The first-order chi connectivity index (χ1) is 14.3. The van der Waals surface area contributed by atoms with Gasteiger partial charge in [0.15, 0.2) is 5.25 Å². The predicted octanol–water partition coefficient (Wildman–Crippen LogP) is 4.57. The molecule has 1 N–H and O–H groups in total. The summed E-state index contributed by atoms with van der Waals surface area (Å²) in [6, 6.07) is 0. The van der Waals surface area contributed by atoms with Crippen LogP contribution in [0.15, 0.2) is 12.2 Å². The summed E-state index contributed by atoms with van der Waals surface area (Å²) < 4.78 is 31.2. The van der Waals surface area contributed by atoms with Gasteiger partial charge in [-0.1, -0.05) is 70.4 Å². The maximum Gasteiger partial charge on any atom is 0.277 e. The second-order valence-electron chi connectivity index (χ2n) is 8.00. The predicted molar refractivity (Wildman–Crippen MR) is 116 cm³/mol. The van der Waals surface area contributed by atoms with Crippen LogP contribution in [0.2, 0.25) is 0 Å². The summed E-state index contributed by atoms with van der Waals surface area (Å²) in [4.78, 5) is 36.1. The number of carbonyl (C=O) groups excluding carboxylic acids is 3. The SMILES string of the molecule is CCCCCCCC/C=C/CCCCCCCC(=O)N1C(=O)CC(S(=O)(=O)O)C1=O. The molecular formula is C22H37NO6S. The lowest BCUT2D eigenvalue weighted by atomic mass is 10.1. The molecule has 1 aliphatic heterocycles. The van der Waals surface area contributed by atoms with Crippen molar-refractivity contribution in [3.05, 3.63) is 12.2 Å². The second-order valence-corrected chi connectivity index (χ2v) is 9.60. The lowest BCUT2D eigenvalue weighted by Crippen LogP contribution is -2.39. The summed E-state index contributed by atoms with van der Waals surface area (Å²) in [6.07, 6.45) is 18.4. The Morgan fingerprint density at radius 1 is 0.933 bits per heavy atom. The molecule has 0 aromatic heterocycles. The van der Waals surface area contributed by atoms with Crippen molar-refractivity contribution in [3.63, 3.8) is 0 Å². The van der Waals surface area contributed by atoms with E-state index in [9.17, 15) is 22.8 Å². The van der Waals surface area contributed by atoms with Gasteiger partial charge in [-0.3, -0.25) is 18.9 Å². The molecule has 0 radical (unpaired) electrons. The molecule has 8 heteroatoms. The molecular weight excluding hydrogens is 406 g/mol. The number of imide groups is 3. The molecule has 3 amide bonds. The number of amides is 3. The largest absolute Gasteiger partial charge is 0.285 e. The minimum Gasteiger partial charge on any atom is -0.285 e. The summed E-state index contributed by atoms with van der Waals surface area (Å²) >= 11 is 0. The van der Waals surface area contributed by atoms with Crippen LogP contribution in [0.4, 0.5) is 0 Å². The van der Waals surface area contributed by atoms with Crippen molar-refractivity contribution in [1.29, 1.82) is 0 Å². The number of rotatable bonds is 16. The van der Waals surface area contributed by atoms with Crippen LogP contribution in [0.1, 0.15) is 103 Å². The Kier molecular flexibility index (Phi) is 12.8. The van der Waals surface area contributed by atoms with Crippen molar-refractivity contribution < 1.29 is 27.4 Å². The Labute approximate surface area is 181 Å². The molecule has 1 aliphatic rings. The minimum atomic E-state index is -4.67. The van der Waals surface area contributed by atoms with Crippen LogP contribution in [0.3, 0.4) is 0 Å². The lowest BCUT2D eigenvalue weighted by Gasteiger charge is -2.12. The Morgan fingerprint density at radius 3 is 1.93 bits per heavy atom. The molecule has 1 rings (SSSR count). The smallest absolute Gasteiger partial charge is 0.277 e. The highest BCUT2D eigenvalue weighted by atomic mass is 32.2. The van der Waals surface area contributed by atoms with Gasteiger partial charge in [0.1, 0.15) is 0 Å². The molecule has 172 valence electrons. The van der Waals surface area contributed by atoms with Crippen LogP contribution in [-0.4, -0.2) is 40.8 Å². The Balaban J connectivity index is 2.05. The zero-order valence-electron chi connectivity index (χ0n) is 18.2. The third-order valence-electron chi connectivity index (χ3n) is 5.37. The van der Waals surface area contributed by atoms with Crippen molar-refractivity contribution in [2.24, 2.45) is 0 Å². The number of allylic oxidation sites excluding steroid dienone is 2. The van der Waals surface area contributed by atoms with E-state index in [4.69, 9.17) is 4.55 Å². The fraction of sp³-hybridized carbons (Fsp3) is 0.773. The molecule has 0 saturated carbocycles. The molecule has 0 aliphatic carbocycles. The maximum atomic E-state index is 12.1. The van der Waals surface area contributed by atoms with Crippen LogP contribution in [0, 0.1) is 0 Å². The van der Waals surface area contributed by atoms with Crippen LogP contribution in [-0.2, 0) is 24.5 Å². The first-order valence-electron chi connectivity index (χ1n) is 11.3. The van der Waals surface area contributed by atoms with Crippen molar-refractivity contribution in [1.82, 2.24) is 4.90 Å². The molecule has 1 fully saturated rings. The van der Waals surface area contributed by atoms with E-state index in [1.54, 1.807) is 0 Å². The van der Waals surface area contributed by atoms with Crippen molar-refractivity contribution >= 4 is 27.8 Å². The molecule has 0 aromatic carbocycles. The number of likely N-dealkylation sites (tertiary alicyclic amines) is 1. The molecule has 1 heterocycles. The first-order valence-corrected chi connectivity index (χ1v) is 12.8. The standard InChI is InChI=1S/C22H37NO6S/c1-2-3-4-5-6-7-8-9-10-11-12-13-14-15-16-17-20(24)23-21(25)18-19(22(23)26)30(27,28)29/h9-10,19H,2-8,11-18H2,1H3,(H,27,28,29)/b10-9+. The highest BCUT2D eigenvalue weighted by molar-refractivity contribution is 7.87. The normalized spacial score (nSPS) is 17.4. The average molecular weight is 444 g/mol. The number of hydrogen-bond acceptors (Lipinski definition) is 5. The van der Waals surface area contributed by atoms with Crippen molar-refractivity contribution in [2.45, 2.75) is 108 Å². The molecule has 1 unspecified atom stereocenters. The molecule has 0 bridgehead atoms. The van der Waals surface area contributed by atoms with Gasteiger partial charge < -0.3 is 0 Å². The van der Waals surface area contributed by atoms with Gasteiger partial charge in [0.05, 0.1) is 6.42 Å². The monoisotopic (exact) mass is 443 g/mol. The van der Waals surface area contributed by atoms with Crippen LogP contribution >= 0.6 is 0 Å². The van der Waals surface area contributed by atoms with Gasteiger partial charge in [0.25, 0.3) is 16.0 Å². The van der Waals surface area contributed by atoms with E-state index in [-0.39, 0.29) is 6.42 Å². The highest BCUT2D eigenvalue weighted by Crippen LogP contribution is 2.21. The Morgan fingerprint density at radius 2 is 1.43 bits per heavy atom. The molecule has 1 saturated heterocycles. The highest BCUT2D eigenvalue weighted by Gasteiger charge is 2.48. The van der Waals surface area contributed by atoms with E-state index >= 15 is 0 Å². The third-order valence-corrected chi connectivity index (χ3v) is 6.45. The fourth-order valence-electron chi connectivity index (χ4n) is 3.56. The number of nitrogens with zero attached hydrogens (tertiary/aromatic N) is 1. The van der Waals surface area contributed by atoms with Gasteiger partial charge in [0, 0.05) is 6.42 Å². The van der Waals surface area contributed by atoms with E-state index < -0.39 is 39.5 Å². The summed E-state index contributed by atoms with van der Waals surface area (Å²) in [6.45, 7) is 2.23. The average Bonchev–Trinajstić information content (AvgIpc) is 2.99. The van der Waals surface area contributed by atoms with E-state index in [0.717, 1.165) is 38.5 Å². The van der Waals surface area contributed by atoms with E-state index in [0.29, 0.717) is 11.3 Å². The lowest BCUT2D eigenvalue weighted by molar-refractivity contribution is -0.149. The zero-order chi connectivity index (χ0) is 22.4. The Bertz CT molecular complexity index is 686. The van der Waals surface area contributed by atoms with Crippen LogP contribution < -0.4 is 0 Å². The van der Waals surface area contributed by atoms with Crippen LogP contribution in [0.25, 0.3) is 0 Å².